The fraction of sp³-hybridized carbons (Fsp3) is 0.348. The SMILES string of the molecule is O=S(=O)(NC[C@H](O)CN1CCC(Oc2ccc(Cl)c(Cl)c2)CC1)c1ccc(-c2ccccn2)s1. The van der Waals surface area contributed by atoms with E-state index in [1.54, 1.807) is 36.5 Å². The zero-order chi connectivity index (χ0) is 24.1. The van der Waals surface area contributed by atoms with Crippen LogP contribution in [0.3, 0.4) is 0 Å². The van der Waals surface area contributed by atoms with Crippen LogP contribution in [0.25, 0.3) is 10.6 Å². The molecule has 182 valence electrons. The van der Waals surface area contributed by atoms with Crippen molar-refractivity contribution in [1.82, 2.24) is 14.6 Å². The van der Waals surface area contributed by atoms with Crippen LogP contribution >= 0.6 is 34.5 Å². The number of halogens is 2. The summed E-state index contributed by atoms with van der Waals surface area (Å²) in [5.41, 5.74) is 0.723. The lowest BCUT2D eigenvalue weighted by atomic mass is 10.1. The van der Waals surface area contributed by atoms with Gasteiger partial charge in [-0.05, 0) is 49.2 Å². The summed E-state index contributed by atoms with van der Waals surface area (Å²) in [4.78, 5) is 7.13. The summed E-state index contributed by atoms with van der Waals surface area (Å²) in [5.74, 6) is 0.682. The normalized spacial score (nSPS) is 16.4. The molecule has 1 fully saturated rings. The van der Waals surface area contributed by atoms with E-state index in [0.717, 1.165) is 47.8 Å². The lowest BCUT2D eigenvalue weighted by Crippen LogP contribution is -2.44. The Labute approximate surface area is 213 Å². The number of aliphatic hydroxyl groups is 1. The molecule has 0 amide bonds. The van der Waals surface area contributed by atoms with Gasteiger partial charge >= 0.3 is 0 Å². The number of likely N-dealkylation sites (tertiary alicyclic amines) is 1. The van der Waals surface area contributed by atoms with Crippen molar-refractivity contribution in [2.24, 2.45) is 0 Å². The number of thiophene rings is 1. The van der Waals surface area contributed by atoms with Crippen LogP contribution in [0.4, 0.5) is 0 Å². The summed E-state index contributed by atoms with van der Waals surface area (Å²) < 4.78 is 34.0. The zero-order valence-electron chi connectivity index (χ0n) is 18.2. The zero-order valence-corrected chi connectivity index (χ0v) is 21.4. The number of pyridine rings is 1. The van der Waals surface area contributed by atoms with Gasteiger partial charge in [-0.25, -0.2) is 13.1 Å². The Morgan fingerprint density at radius 1 is 1.15 bits per heavy atom. The maximum absolute atomic E-state index is 12.7. The van der Waals surface area contributed by atoms with Crippen molar-refractivity contribution in [3.63, 3.8) is 0 Å². The maximum Gasteiger partial charge on any atom is 0.250 e. The van der Waals surface area contributed by atoms with Crippen LogP contribution < -0.4 is 9.46 Å². The molecule has 1 aliphatic heterocycles. The van der Waals surface area contributed by atoms with E-state index in [1.807, 2.05) is 18.2 Å². The number of hydrogen-bond acceptors (Lipinski definition) is 7. The first kappa shape index (κ1) is 25.4. The van der Waals surface area contributed by atoms with Crippen LogP contribution in [0.15, 0.2) is 58.9 Å². The van der Waals surface area contributed by atoms with E-state index in [2.05, 4.69) is 14.6 Å². The molecular weight excluding hydrogens is 517 g/mol. The molecule has 11 heteroatoms. The van der Waals surface area contributed by atoms with Crippen molar-refractivity contribution in [3.8, 4) is 16.3 Å². The van der Waals surface area contributed by atoms with E-state index in [-0.39, 0.29) is 16.9 Å². The van der Waals surface area contributed by atoms with Crippen molar-refractivity contribution < 1.29 is 18.3 Å². The van der Waals surface area contributed by atoms with Gasteiger partial charge in [0.05, 0.1) is 26.7 Å². The quantitative estimate of drug-likeness (QED) is 0.419. The molecular formula is C23H25Cl2N3O4S2. The average molecular weight is 543 g/mol. The van der Waals surface area contributed by atoms with E-state index in [4.69, 9.17) is 27.9 Å². The highest BCUT2D eigenvalue weighted by atomic mass is 35.5. The summed E-state index contributed by atoms with van der Waals surface area (Å²) in [6.07, 6.45) is 2.49. The Kier molecular flexibility index (Phi) is 8.47. The van der Waals surface area contributed by atoms with Gasteiger partial charge in [0.15, 0.2) is 0 Å². The Morgan fingerprint density at radius 3 is 2.65 bits per heavy atom. The molecule has 0 radical (unpaired) electrons. The number of benzene rings is 1. The fourth-order valence-corrected chi connectivity index (χ4v) is 6.39. The predicted octanol–water partition coefficient (Wildman–Crippen LogP) is 4.30. The molecule has 34 heavy (non-hydrogen) atoms. The van der Waals surface area contributed by atoms with Crippen LogP contribution in [0, 0.1) is 0 Å². The molecule has 0 saturated carbocycles. The molecule has 0 unspecified atom stereocenters. The lowest BCUT2D eigenvalue weighted by molar-refractivity contribution is 0.0630. The van der Waals surface area contributed by atoms with E-state index in [1.165, 1.54) is 0 Å². The molecule has 0 spiro atoms. The Bertz CT molecular complexity index is 1200. The highest BCUT2D eigenvalue weighted by molar-refractivity contribution is 7.91. The molecule has 1 aromatic carbocycles. The van der Waals surface area contributed by atoms with E-state index in [9.17, 15) is 13.5 Å². The molecule has 0 aliphatic carbocycles. The van der Waals surface area contributed by atoms with Crippen molar-refractivity contribution in [2.75, 3.05) is 26.2 Å². The minimum atomic E-state index is -3.71. The average Bonchev–Trinajstić information content (AvgIpc) is 3.34. The van der Waals surface area contributed by atoms with Crippen molar-refractivity contribution in [1.29, 1.82) is 0 Å². The van der Waals surface area contributed by atoms with E-state index in [0.29, 0.717) is 22.3 Å². The second-order valence-electron chi connectivity index (χ2n) is 8.03. The molecule has 1 atom stereocenters. The van der Waals surface area contributed by atoms with Gasteiger partial charge < -0.3 is 14.7 Å². The summed E-state index contributed by atoms with van der Waals surface area (Å²) in [6.45, 7) is 1.81. The largest absolute Gasteiger partial charge is 0.490 e. The Hall–Kier alpha value is -1.72. The van der Waals surface area contributed by atoms with Gasteiger partial charge in [-0.3, -0.25) is 4.98 Å². The highest BCUT2D eigenvalue weighted by Gasteiger charge is 2.24. The topological polar surface area (TPSA) is 91.8 Å². The monoisotopic (exact) mass is 541 g/mol. The number of nitrogens with zero attached hydrogens (tertiary/aromatic N) is 2. The molecule has 0 bridgehead atoms. The minimum absolute atomic E-state index is 0.0521. The molecule has 2 aromatic heterocycles. The Balaban J connectivity index is 1.22. The summed E-state index contributed by atoms with van der Waals surface area (Å²) in [6, 6.07) is 14.0. The first-order valence-corrected chi connectivity index (χ1v) is 13.9. The van der Waals surface area contributed by atoms with Crippen molar-refractivity contribution >= 4 is 44.6 Å². The standard InChI is InChI=1S/C23H25Cl2N3O4S2/c24-19-5-4-18(13-20(19)25)32-17-8-11-28(12-9-17)15-16(29)14-27-34(30,31)23-7-6-22(33-23)21-3-1-2-10-26-21/h1-7,10,13,16-17,27,29H,8-9,11-12,14-15H2/t16-/m0/s1. The van der Waals surface area contributed by atoms with Crippen molar-refractivity contribution in [3.05, 3.63) is 64.8 Å². The number of piperidine rings is 1. The van der Waals surface area contributed by atoms with Crippen LogP contribution in [0.1, 0.15) is 12.8 Å². The second-order valence-corrected chi connectivity index (χ2v) is 11.9. The first-order chi connectivity index (χ1) is 16.3. The first-order valence-electron chi connectivity index (χ1n) is 10.8. The number of aromatic nitrogens is 1. The molecule has 1 saturated heterocycles. The summed E-state index contributed by atoms with van der Waals surface area (Å²) in [7, 11) is -3.71. The number of nitrogens with one attached hydrogen (secondary N) is 1. The van der Waals surface area contributed by atoms with Gasteiger partial charge in [0.25, 0.3) is 0 Å². The van der Waals surface area contributed by atoms with Gasteiger partial charge in [0, 0.05) is 38.4 Å². The number of sulfonamides is 1. The summed E-state index contributed by atoms with van der Waals surface area (Å²) in [5, 5.41) is 11.4. The predicted molar refractivity (Wildman–Crippen MR) is 135 cm³/mol. The van der Waals surface area contributed by atoms with Gasteiger partial charge in [0.2, 0.25) is 10.0 Å². The number of ether oxygens (including phenoxy) is 1. The van der Waals surface area contributed by atoms with Gasteiger partial charge in [-0.15, -0.1) is 11.3 Å². The molecule has 1 aliphatic rings. The number of β-amino-alcohol motifs (C(OH)–C–C–N with tert-alkyl or cyclic N) is 1. The lowest BCUT2D eigenvalue weighted by Gasteiger charge is -2.33. The highest BCUT2D eigenvalue weighted by Crippen LogP contribution is 2.30. The van der Waals surface area contributed by atoms with Crippen LogP contribution in [0.2, 0.25) is 10.0 Å². The van der Waals surface area contributed by atoms with Crippen LogP contribution in [0.5, 0.6) is 5.75 Å². The number of aliphatic hydroxyl groups excluding tert-OH is 1. The molecule has 3 aromatic rings. The van der Waals surface area contributed by atoms with E-state index >= 15 is 0 Å². The van der Waals surface area contributed by atoms with Crippen LogP contribution in [-0.2, 0) is 10.0 Å². The molecule has 2 N–H and O–H groups in total. The third-order valence-electron chi connectivity index (χ3n) is 5.47. The summed E-state index contributed by atoms with van der Waals surface area (Å²) >= 11 is 13.1. The maximum atomic E-state index is 12.7. The smallest absolute Gasteiger partial charge is 0.250 e. The van der Waals surface area contributed by atoms with Gasteiger partial charge in [-0.1, -0.05) is 29.3 Å². The number of rotatable bonds is 9. The molecule has 4 rings (SSSR count). The minimum Gasteiger partial charge on any atom is -0.490 e. The van der Waals surface area contributed by atoms with Crippen molar-refractivity contribution in [2.45, 2.75) is 29.3 Å². The number of hydrogen-bond donors (Lipinski definition) is 2. The van der Waals surface area contributed by atoms with Gasteiger partial charge in [-0.2, -0.15) is 0 Å². The van der Waals surface area contributed by atoms with Gasteiger partial charge in [0.1, 0.15) is 16.1 Å². The van der Waals surface area contributed by atoms with Crippen LogP contribution in [-0.4, -0.2) is 61.8 Å². The fourth-order valence-electron chi connectivity index (χ4n) is 3.70. The Morgan fingerprint density at radius 2 is 1.94 bits per heavy atom. The van der Waals surface area contributed by atoms with E-state index < -0.39 is 16.1 Å². The third-order valence-corrected chi connectivity index (χ3v) is 9.23. The third kappa shape index (κ3) is 6.69. The second kappa shape index (κ2) is 11.3. The molecule has 7 nitrogen and oxygen atoms in total. The molecule has 3 heterocycles.